The van der Waals surface area contributed by atoms with Gasteiger partial charge in [0.05, 0.1) is 6.10 Å². The molecule has 2 atom stereocenters. The van der Waals surface area contributed by atoms with Gasteiger partial charge in [0, 0.05) is 44.1 Å². The molecule has 128 valence electrons. The summed E-state index contributed by atoms with van der Waals surface area (Å²) in [6.45, 7) is 7.51. The highest BCUT2D eigenvalue weighted by atomic mass is 32.1. The van der Waals surface area contributed by atoms with Gasteiger partial charge in [0.1, 0.15) is 11.9 Å². The van der Waals surface area contributed by atoms with Crippen LogP contribution in [0.4, 0.5) is 5.13 Å². The van der Waals surface area contributed by atoms with Gasteiger partial charge in [-0.2, -0.15) is 4.37 Å². The lowest BCUT2D eigenvalue weighted by molar-refractivity contribution is -0.142. The van der Waals surface area contributed by atoms with Crippen molar-refractivity contribution in [1.29, 1.82) is 0 Å². The Morgan fingerprint density at radius 3 is 2.83 bits per heavy atom. The lowest BCUT2D eigenvalue weighted by Crippen LogP contribution is -2.41. The molecule has 1 aromatic rings. The first kappa shape index (κ1) is 16.6. The SMILES string of the molecule is CCc1nsc(N2CCCN(C(=O)C3CCC(CC)O3)CC2)n1. The minimum Gasteiger partial charge on any atom is -0.365 e. The van der Waals surface area contributed by atoms with E-state index in [-0.39, 0.29) is 18.1 Å². The van der Waals surface area contributed by atoms with Gasteiger partial charge in [-0.15, -0.1) is 0 Å². The lowest BCUT2D eigenvalue weighted by atomic mass is 10.1. The Kier molecular flexibility index (Phi) is 5.48. The van der Waals surface area contributed by atoms with E-state index >= 15 is 0 Å². The van der Waals surface area contributed by atoms with Crippen molar-refractivity contribution < 1.29 is 9.53 Å². The molecule has 0 bridgehead atoms. The molecule has 2 saturated heterocycles. The van der Waals surface area contributed by atoms with Gasteiger partial charge in [0.25, 0.3) is 5.91 Å². The van der Waals surface area contributed by atoms with Crippen LogP contribution in [0.3, 0.4) is 0 Å². The van der Waals surface area contributed by atoms with Crippen molar-refractivity contribution in [3.8, 4) is 0 Å². The van der Waals surface area contributed by atoms with E-state index in [0.29, 0.717) is 0 Å². The molecule has 0 N–H and O–H groups in total. The fourth-order valence-electron chi connectivity index (χ4n) is 3.24. The number of anilines is 1. The van der Waals surface area contributed by atoms with Gasteiger partial charge >= 0.3 is 0 Å². The highest BCUT2D eigenvalue weighted by Crippen LogP contribution is 2.24. The maximum atomic E-state index is 12.7. The average Bonchev–Trinajstić information content (AvgIpc) is 3.18. The summed E-state index contributed by atoms with van der Waals surface area (Å²) in [7, 11) is 0. The third kappa shape index (κ3) is 3.83. The van der Waals surface area contributed by atoms with Crippen LogP contribution in [0.5, 0.6) is 0 Å². The molecule has 3 heterocycles. The predicted octanol–water partition coefficient (Wildman–Crippen LogP) is 2.10. The molecular formula is C16H26N4O2S. The summed E-state index contributed by atoms with van der Waals surface area (Å²) < 4.78 is 10.2. The first-order valence-corrected chi connectivity index (χ1v) is 9.50. The quantitative estimate of drug-likeness (QED) is 0.841. The zero-order valence-electron chi connectivity index (χ0n) is 14.0. The van der Waals surface area contributed by atoms with E-state index < -0.39 is 0 Å². The third-order valence-electron chi connectivity index (χ3n) is 4.69. The molecule has 0 radical (unpaired) electrons. The van der Waals surface area contributed by atoms with Crippen LogP contribution in [0.2, 0.25) is 0 Å². The second-order valence-corrected chi connectivity index (χ2v) is 6.98. The molecule has 2 fully saturated rings. The number of hydrogen-bond donors (Lipinski definition) is 0. The molecule has 1 aromatic heterocycles. The summed E-state index contributed by atoms with van der Waals surface area (Å²) >= 11 is 1.46. The van der Waals surface area contributed by atoms with Crippen molar-refractivity contribution >= 4 is 22.6 Å². The van der Waals surface area contributed by atoms with Crippen LogP contribution in [-0.4, -0.2) is 58.6 Å². The van der Waals surface area contributed by atoms with Crippen molar-refractivity contribution in [3.63, 3.8) is 0 Å². The van der Waals surface area contributed by atoms with Crippen molar-refractivity contribution in [2.75, 3.05) is 31.1 Å². The highest BCUT2D eigenvalue weighted by molar-refractivity contribution is 7.09. The zero-order chi connectivity index (χ0) is 16.2. The molecule has 0 aliphatic carbocycles. The van der Waals surface area contributed by atoms with E-state index in [4.69, 9.17) is 4.74 Å². The van der Waals surface area contributed by atoms with Crippen LogP contribution in [-0.2, 0) is 16.0 Å². The fourth-order valence-corrected chi connectivity index (χ4v) is 4.04. The van der Waals surface area contributed by atoms with Gasteiger partial charge in [-0.1, -0.05) is 13.8 Å². The van der Waals surface area contributed by atoms with Crippen molar-refractivity contribution in [1.82, 2.24) is 14.3 Å². The molecule has 7 heteroatoms. The van der Waals surface area contributed by atoms with Crippen LogP contribution in [0.15, 0.2) is 0 Å². The Morgan fingerprint density at radius 1 is 1.26 bits per heavy atom. The summed E-state index contributed by atoms with van der Waals surface area (Å²) in [6, 6.07) is 0. The average molecular weight is 338 g/mol. The molecule has 2 unspecified atom stereocenters. The van der Waals surface area contributed by atoms with Gasteiger partial charge in [-0.3, -0.25) is 4.79 Å². The van der Waals surface area contributed by atoms with Gasteiger partial charge in [0.2, 0.25) is 5.13 Å². The third-order valence-corrected chi connectivity index (χ3v) is 5.50. The summed E-state index contributed by atoms with van der Waals surface area (Å²) in [5, 5.41) is 0.985. The molecule has 0 aromatic carbocycles. The lowest BCUT2D eigenvalue weighted by Gasteiger charge is -2.24. The smallest absolute Gasteiger partial charge is 0.251 e. The number of aromatic nitrogens is 2. The largest absolute Gasteiger partial charge is 0.365 e. The molecule has 2 aliphatic heterocycles. The number of nitrogens with zero attached hydrogens (tertiary/aromatic N) is 4. The maximum absolute atomic E-state index is 12.7. The van der Waals surface area contributed by atoms with Crippen LogP contribution in [0.25, 0.3) is 0 Å². The molecule has 1 amide bonds. The number of carbonyl (C=O) groups is 1. The van der Waals surface area contributed by atoms with Crippen LogP contribution in [0.1, 0.15) is 45.4 Å². The van der Waals surface area contributed by atoms with E-state index in [1.165, 1.54) is 11.5 Å². The van der Waals surface area contributed by atoms with Crippen molar-refractivity contribution in [3.05, 3.63) is 5.82 Å². The number of carbonyl (C=O) groups excluding carboxylic acids is 1. The van der Waals surface area contributed by atoms with E-state index in [0.717, 1.165) is 69.2 Å². The number of amides is 1. The monoisotopic (exact) mass is 338 g/mol. The number of hydrogen-bond acceptors (Lipinski definition) is 6. The topological polar surface area (TPSA) is 58.6 Å². The molecule has 6 nitrogen and oxygen atoms in total. The van der Waals surface area contributed by atoms with E-state index in [1.807, 2.05) is 4.90 Å². The van der Waals surface area contributed by atoms with Crippen LogP contribution in [0, 0.1) is 0 Å². The summed E-state index contributed by atoms with van der Waals surface area (Å²) in [5.74, 6) is 1.08. The first-order valence-electron chi connectivity index (χ1n) is 8.73. The standard InChI is InChI=1S/C16H26N4O2S/c1-3-12-6-7-13(22-12)15(21)19-8-5-9-20(11-10-19)16-17-14(4-2)18-23-16/h12-13H,3-11H2,1-2H3. The summed E-state index contributed by atoms with van der Waals surface area (Å²) in [6.07, 6.45) is 4.75. The molecule has 2 aliphatic rings. The highest BCUT2D eigenvalue weighted by Gasteiger charge is 2.33. The molecule has 23 heavy (non-hydrogen) atoms. The fraction of sp³-hybridized carbons (Fsp3) is 0.812. The summed E-state index contributed by atoms with van der Waals surface area (Å²) in [5.41, 5.74) is 0. The second-order valence-electron chi connectivity index (χ2n) is 6.24. The van der Waals surface area contributed by atoms with Gasteiger partial charge < -0.3 is 14.5 Å². The number of aryl methyl sites for hydroxylation is 1. The Bertz CT molecular complexity index is 536. The van der Waals surface area contributed by atoms with E-state index in [2.05, 4.69) is 28.1 Å². The normalized spacial score (nSPS) is 25.7. The van der Waals surface area contributed by atoms with E-state index in [1.54, 1.807) is 0 Å². The molecule has 0 spiro atoms. The maximum Gasteiger partial charge on any atom is 0.251 e. The van der Waals surface area contributed by atoms with E-state index in [9.17, 15) is 4.79 Å². The first-order chi connectivity index (χ1) is 11.2. The Hall–Kier alpha value is -1.21. The van der Waals surface area contributed by atoms with Crippen LogP contribution >= 0.6 is 11.5 Å². The molecule has 0 saturated carbocycles. The zero-order valence-corrected chi connectivity index (χ0v) is 14.8. The molecular weight excluding hydrogens is 312 g/mol. The van der Waals surface area contributed by atoms with Crippen LogP contribution < -0.4 is 4.90 Å². The summed E-state index contributed by atoms with van der Waals surface area (Å²) in [4.78, 5) is 21.5. The van der Waals surface area contributed by atoms with Crippen molar-refractivity contribution in [2.24, 2.45) is 0 Å². The van der Waals surface area contributed by atoms with Crippen molar-refractivity contribution in [2.45, 2.75) is 58.2 Å². The Labute approximate surface area is 142 Å². The number of rotatable bonds is 4. The van der Waals surface area contributed by atoms with Gasteiger partial charge in [-0.05, 0) is 25.7 Å². The Morgan fingerprint density at radius 2 is 2.13 bits per heavy atom. The second kappa shape index (κ2) is 7.57. The van der Waals surface area contributed by atoms with Gasteiger partial charge in [0.15, 0.2) is 0 Å². The number of ether oxygens (including phenoxy) is 1. The predicted molar refractivity (Wildman–Crippen MR) is 90.9 cm³/mol. The molecule has 3 rings (SSSR count). The Balaban J connectivity index is 1.56. The van der Waals surface area contributed by atoms with Gasteiger partial charge in [-0.25, -0.2) is 4.98 Å². The minimum absolute atomic E-state index is 0.175. The minimum atomic E-state index is -0.222.